The summed E-state index contributed by atoms with van der Waals surface area (Å²) >= 11 is 1.49. The first kappa shape index (κ1) is 22.6. The maximum absolute atomic E-state index is 13.1. The highest BCUT2D eigenvalue weighted by Gasteiger charge is 2.30. The van der Waals surface area contributed by atoms with Crippen molar-refractivity contribution in [1.82, 2.24) is 20.5 Å². The quantitative estimate of drug-likeness (QED) is 0.568. The number of rotatable bonds is 4. The van der Waals surface area contributed by atoms with Crippen LogP contribution in [-0.4, -0.2) is 47.4 Å². The van der Waals surface area contributed by atoms with Crippen LogP contribution in [0.1, 0.15) is 62.0 Å². The van der Waals surface area contributed by atoms with Crippen LogP contribution in [0.3, 0.4) is 0 Å². The summed E-state index contributed by atoms with van der Waals surface area (Å²) in [5, 5.41) is 8.84. The Balaban J connectivity index is 1.27. The van der Waals surface area contributed by atoms with E-state index in [1.807, 2.05) is 36.4 Å². The Labute approximate surface area is 203 Å². The van der Waals surface area contributed by atoms with Crippen molar-refractivity contribution in [1.29, 1.82) is 0 Å². The van der Waals surface area contributed by atoms with Crippen molar-refractivity contribution >= 4 is 33.9 Å². The molecule has 2 aromatic carbocycles. The SMILES string of the molecule is C#Cc1ccc2cc(C(=O)N[C@@H]3CCCC[C@@H]3NC(=O)c3nc4c(s3)CN(C)CC4)ccc2c1. The van der Waals surface area contributed by atoms with Gasteiger partial charge in [0.1, 0.15) is 0 Å². The van der Waals surface area contributed by atoms with Gasteiger partial charge in [-0.15, -0.1) is 17.8 Å². The van der Waals surface area contributed by atoms with Crippen LogP contribution in [0.25, 0.3) is 10.8 Å². The highest BCUT2D eigenvalue weighted by molar-refractivity contribution is 7.13. The molecule has 174 valence electrons. The predicted octanol–water partition coefficient (Wildman–Crippen LogP) is 3.74. The van der Waals surface area contributed by atoms with Crippen LogP contribution in [-0.2, 0) is 13.0 Å². The van der Waals surface area contributed by atoms with Gasteiger partial charge in [0.25, 0.3) is 11.8 Å². The summed E-state index contributed by atoms with van der Waals surface area (Å²) in [4.78, 5) is 34.1. The van der Waals surface area contributed by atoms with Gasteiger partial charge in [0.15, 0.2) is 5.01 Å². The van der Waals surface area contributed by atoms with E-state index in [4.69, 9.17) is 6.42 Å². The molecular weight excluding hydrogens is 444 g/mol. The minimum atomic E-state index is -0.136. The van der Waals surface area contributed by atoms with Crippen LogP contribution < -0.4 is 10.6 Å². The van der Waals surface area contributed by atoms with Crippen LogP contribution in [0.4, 0.5) is 0 Å². The molecule has 2 heterocycles. The van der Waals surface area contributed by atoms with E-state index in [0.717, 1.165) is 67.2 Å². The summed E-state index contributed by atoms with van der Waals surface area (Å²) in [5.41, 5.74) is 2.47. The Hall–Kier alpha value is -3.21. The second-order valence-electron chi connectivity index (χ2n) is 9.24. The fourth-order valence-electron chi connectivity index (χ4n) is 4.86. The van der Waals surface area contributed by atoms with Crippen LogP contribution in [0.15, 0.2) is 36.4 Å². The summed E-state index contributed by atoms with van der Waals surface area (Å²) in [7, 11) is 2.09. The van der Waals surface area contributed by atoms with Crippen molar-refractivity contribution in [3.8, 4) is 12.3 Å². The summed E-state index contributed by atoms with van der Waals surface area (Å²) < 4.78 is 0. The van der Waals surface area contributed by atoms with Crippen LogP contribution in [0.5, 0.6) is 0 Å². The first-order valence-corrected chi connectivity index (χ1v) is 12.6. The van der Waals surface area contributed by atoms with Gasteiger partial charge in [0, 0.05) is 47.6 Å². The average Bonchev–Trinajstić information content (AvgIpc) is 3.28. The molecule has 0 bridgehead atoms. The number of carbonyl (C=O) groups is 2. The number of hydrogen-bond donors (Lipinski definition) is 2. The standard InChI is InChI=1S/C27H28N4O2S/c1-3-17-8-9-19-15-20(11-10-18(19)14-17)25(32)28-21-6-4-5-7-22(21)29-26(33)27-30-23-12-13-31(2)16-24(23)34-27/h1,8-11,14-15,21-22H,4-7,12-13,16H2,2H3,(H,28,32)(H,29,33)/t21-,22+/m1/s1. The Morgan fingerprint density at radius 2 is 1.76 bits per heavy atom. The number of fused-ring (bicyclic) bond motifs is 2. The van der Waals surface area contributed by atoms with E-state index in [9.17, 15) is 9.59 Å². The van der Waals surface area contributed by atoms with Gasteiger partial charge in [-0.1, -0.05) is 30.9 Å². The molecule has 5 rings (SSSR count). The lowest BCUT2D eigenvalue weighted by molar-refractivity contribution is 0.0862. The lowest BCUT2D eigenvalue weighted by Gasteiger charge is -2.32. The summed E-state index contributed by atoms with van der Waals surface area (Å²) in [5.74, 6) is 2.38. The van der Waals surface area contributed by atoms with Gasteiger partial charge in [-0.3, -0.25) is 9.59 Å². The number of aromatic nitrogens is 1. The molecule has 1 aliphatic carbocycles. The fourth-order valence-corrected chi connectivity index (χ4v) is 5.95. The topological polar surface area (TPSA) is 74.3 Å². The number of thiazole rings is 1. The first-order valence-electron chi connectivity index (χ1n) is 11.8. The number of nitrogens with one attached hydrogen (secondary N) is 2. The second kappa shape index (κ2) is 9.57. The minimum absolute atomic E-state index is 0.104. The molecule has 3 aromatic rings. The molecule has 1 aromatic heterocycles. The zero-order chi connectivity index (χ0) is 23.7. The molecule has 0 spiro atoms. The molecule has 2 N–H and O–H groups in total. The maximum atomic E-state index is 13.1. The summed E-state index contributed by atoms with van der Waals surface area (Å²) in [6.45, 7) is 1.81. The zero-order valence-electron chi connectivity index (χ0n) is 19.3. The maximum Gasteiger partial charge on any atom is 0.280 e. The van der Waals surface area contributed by atoms with Gasteiger partial charge in [0.05, 0.1) is 5.69 Å². The molecular formula is C27H28N4O2S. The van der Waals surface area contributed by atoms with Gasteiger partial charge in [-0.2, -0.15) is 0 Å². The Kier molecular flexibility index (Phi) is 6.36. The van der Waals surface area contributed by atoms with Gasteiger partial charge in [-0.05, 0) is 54.9 Å². The van der Waals surface area contributed by atoms with E-state index in [0.29, 0.717) is 10.6 Å². The number of amides is 2. The molecule has 0 unspecified atom stereocenters. The van der Waals surface area contributed by atoms with Crippen molar-refractivity contribution in [3.05, 3.63) is 63.1 Å². The number of benzene rings is 2. The Bertz CT molecular complexity index is 1290. The molecule has 2 amide bonds. The van der Waals surface area contributed by atoms with Crippen molar-refractivity contribution in [2.45, 2.75) is 50.7 Å². The van der Waals surface area contributed by atoms with E-state index in [-0.39, 0.29) is 23.9 Å². The van der Waals surface area contributed by atoms with E-state index < -0.39 is 0 Å². The van der Waals surface area contributed by atoms with E-state index >= 15 is 0 Å². The van der Waals surface area contributed by atoms with Crippen molar-refractivity contribution in [3.63, 3.8) is 0 Å². The van der Waals surface area contributed by atoms with Gasteiger partial charge in [0.2, 0.25) is 0 Å². The lowest BCUT2D eigenvalue weighted by atomic mass is 9.90. The number of likely N-dealkylation sites (N-methyl/N-ethyl adjacent to an activating group) is 1. The highest BCUT2D eigenvalue weighted by atomic mass is 32.1. The van der Waals surface area contributed by atoms with E-state index in [1.165, 1.54) is 16.2 Å². The molecule has 6 nitrogen and oxygen atoms in total. The van der Waals surface area contributed by atoms with Crippen molar-refractivity contribution in [2.24, 2.45) is 0 Å². The van der Waals surface area contributed by atoms with Gasteiger partial charge in [-0.25, -0.2) is 4.98 Å². The summed E-state index contributed by atoms with van der Waals surface area (Å²) in [6, 6.07) is 11.2. The molecule has 1 saturated carbocycles. The zero-order valence-corrected chi connectivity index (χ0v) is 20.1. The molecule has 1 aliphatic heterocycles. The Morgan fingerprint density at radius 3 is 2.53 bits per heavy atom. The number of carbonyl (C=O) groups excluding carboxylic acids is 2. The third-order valence-corrected chi connectivity index (χ3v) is 7.87. The minimum Gasteiger partial charge on any atom is -0.347 e. The van der Waals surface area contributed by atoms with Gasteiger partial charge < -0.3 is 15.5 Å². The third-order valence-electron chi connectivity index (χ3n) is 6.78. The molecule has 2 aliphatic rings. The summed E-state index contributed by atoms with van der Waals surface area (Å²) in [6.07, 6.45) is 10.1. The van der Waals surface area contributed by atoms with Crippen LogP contribution in [0.2, 0.25) is 0 Å². The Morgan fingerprint density at radius 1 is 1.06 bits per heavy atom. The smallest absolute Gasteiger partial charge is 0.280 e. The van der Waals surface area contributed by atoms with Crippen molar-refractivity contribution in [2.75, 3.05) is 13.6 Å². The number of hydrogen-bond acceptors (Lipinski definition) is 5. The average molecular weight is 473 g/mol. The highest BCUT2D eigenvalue weighted by Crippen LogP contribution is 2.26. The third kappa shape index (κ3) is 4.70. The molecule has 0 saturated heterocycles. The van der Waals surface area contributed by atoms with E-state index in [2.05, 4.69) is 33.5 Å². The van der Waals surface area contributed by atoms with Crippen LogP contribution in [0, 0.1) is 12.3 Å². The molecule has 2 atom stereocenters. The number of terminal acetylenes is 1. The molecule has 7 heteroatoms. The largest absolute Gasteiger partial charge is 0.347 e. The monoisotopic (exact) mass is 472 g/mol. The van der Waals surface area contributed by atoms with Crippen molar-refractivity contribution < 1.29 is 9.59 Å². The van der Waals surface area contributed by atoms with E-state index in [1.54, 1.807) is 0 Å². The molecule has 34 heavy (non-hydrogen) atoms. The number of nitrogens with zero attached hydrogens (tertiary/aromatic N) is 2. The fraction of sp³-hybridized carbons (Fsp3) is 0.370. The van der Waals surface area contributed by atoms with Gasteiger partial charge >= 0.3 is 0 Å². The predicted molar refractivity (Wildman–Crippen MR) is 135 cm³/mol. The lowest BCUT2D eigenvalue weighted by Crippen LogP contribution is -2.53. The first-order chi connectivity index (χ1) is 16.5. The van der Waals surface area contributed by atoms with Crippen LogP contribution >= 0.6 is 11.3 Å². The normalized spacial score (nSPS) is 20.4. The molecule has 1 fully saturated rings. The molecule has 0 radical (unpaired) electrons. The second-order valence-corrected chi connectivity index (χ2v) is 10.3.